The van der Waals surface area contributed by atoms with Crippen LogP contribution in [0, 0.1) is 6.92 Å². The van der Waals surface area contributed by atoms with Gasteiger partial charge in [0, 0.05) is 24.2 Å². The lowest BCUT2D eigenvalue weighted by atomic mass is 10.0. The minimum Gasteiger partial charge on any atom is -0.508 e. The highest BCUT2D eigenvalue weighted by Gasteiger charge is 2.21. The second-order valence-corrected chi connectivity index (χ2v) is 5.23. The van der Waals surface area contributed by atoms with Crippen molar-refractivity contribution in [3.8, 4) is 5.75 Å². The molecule has 0 aliphatic heterocycles. The molecular weight excluding hydrogens is 252 g/mol. The Morgan fingerprint density at radius 1 is 1.20 bits per heavy atom. The van der Waals surface area contributed by atoms with Crippen LogP contribution in [0.25, 0.3) is 10.9 Å². The summed E-state index contributed by atoms with van der Waals surface area (Å²) in [5.41, 5.74) is 3.14. The molecule has 0 saturated heterocycles. The van der Waals surface area contributed by atoms with Gasteiger partial charge in [-0.25, -0.2) is 0 Å². The summed E-state index contributed by atoms with van der Waals surface area (Å²) in [5, 5.41) is 20.9. The Bertz CT molecular complexity index is 600. The molecule has 110 valence electrons. The van der Waals surface area contributed by atoms with Gasteiger partial charge in [-0.2, -0.15) is 0 Å². The highest BCUT2D eigenvalue weighted by Crippen LogP contribution is 2.33. The monoisotopic (exact) mass is 276 g/mol. The third-order valence-electron chi connectivity index (χ3n) is 4.20. The fourth-order valence-corrected chi connectivity index (χ4v) is 2.93. The maximum absolute atomic E-state index is 10.0. The Hall–Kier alpha value is -1.52. The summed E-state index contributed by atoms with van der Waals surface area (Å²) < 4.78 is 2.06. The lowest BCUT2D eigenvalue weighted by Gasteiger charge is -2.29. The Balaban J connectivity index is 2.65. The molecule has 4 nitrogen and oxygen atoms in total. The minimum absolute atomic E-state index is 0.0498. The number of aromatic nitrogens is 1. The van der Waals surface area contributed by atoms with Crippen LogP contribution in [-0.4, -0.2) is 39.4 Å². The molecule has 1 aromatic heterocycles. The first-order chi connectivity index (χ1) is 9.53. The number of aryl methyl sites for hydroxylation is 2. The molecule has 0 bridgehead atoms. The molecule has 0 fully saturated rings. The second-order valence-electron chi connectivity index (χ2n) is 5.23. The predicted molar refractivity (Wildman–Crippen MR) is 82.1 cm³/mol. The van der Waals surface area contributed by atoms with Gasteiger partial charge in [-0.1, -0.05) is 13.8 Å². The number of benzene rings is 1. The SMILES string of the molecule is CCN(CC)C(CO)c1cc(O)cc2c1cc(C)n2C. The van der Waals surface area contributed by atoms with E-state index in [0.29, 0.717) is 0 Å². The highest BCUT2D eigenvalue weighted by atomic mass is 16.3. The Kier molecular flexibility index (Phi) is 4.35. The van der Waals surface area contributed by atoms with Crippen LogP contribution < -0.4 is 0 Å². The molecule has 0 aliphatic carbocycles. The van der Waals surface area contributed by atoms with Gasteiger partial charge in [0.2, 0.25) is 0 Å². The lowest BCUT2D eigenvalue weighted by Crippen LogP contribution is -2.30. The van der Waals surface area contributed by atoms with E-state index in [1.54, 1.807) is 12.1 Å². The van der Waals surface area contributed by atoms with E-state index in [2.05, 4.69) is 29.4 Å². The number of fused-ring (bicyclic) bond motifs is 1. The second kappa shape index (κ2) is 5.85. The average molecular weight is 276 g/mol. The summed E-state index contributed by atoms with van der Waals surface area (Å²) in [6.07, 6.45) is 0. The Morgan fingerprint density at radius 3 is 2.40 bits per heavy atom. The van der Waals surface area contributed by atoms with Crippen molar-refractivity contribution in [2.75, 3.05) is 19.7 Å². The van der Waals surface area contributed by atoms with Crippen LogP contribution in [0.2, 0.25) is 0 Å². The maximum atomic E-state index is 10.0. The molecule has 2 N–H and O–H groups in total. The first kappa shape index (κ1) is 14.9. The molecule has 0 amide bonds. The van der Waals surface area contributed by atoms with Gasteiger partial charge in [-0.3, -0.25) is 4.90 Å². The number of likely N-dealkylation sites (N-methyl/N-ethyl adjacent to an activating group) is 1. The molecule has 0 saturated carbocycles. The van der Waals surface area contributed by atoms with Crippen molar-refractivity contribution in [3.05, 3.63) is 29.5 Å². The standard InChI is InChI=1S/C16H24N2O2/c1-5-18(6-2)16(10-19)14-8-12(20)9-15-13(14)7-11(3)17(15)4/h7-9,16,19-20H,5-6,10H2,1-4H3. The summed E-state index contributed by atoms with van der Waals surface area (Å²) >= 11 is 0. The Labute approximate surface area is 120 Å². The number of nitrogens with zero attached hydrogens (tertiary/aromatic N) is 2. The molecule has 0 spiro atoms. The van der Waals surface area contributed by atoms with Crippen molar-refractivity contribution in [2.45, 2.75) is 26.8 Å². The minimum atomic E-state index is -0.0820. The van der Waals surface area contributed by atoms with Gasteiger partial charge >= 0.3 is 0 Å². The third kappa shape index (κ3) is 2.41. The Morgan fingerprint density at radius 2 is 1.85 bits per heavy atom. The zero-order valence-corrected chi connectivity index (χ0v) is 12.7. The zero-order chi connectivity index (χ0) is 14.9. The van der Waals surface area contributed by atoms with E-state index < -0.39 is 0 Å². The van der Waals surface area contributed by atoms with E-state index in [1.807, 2.05) is 14.0 Å². The molecule has 0 radical (unpaired) electrons. The van der Waals surface area contributed by atoms with Crippen molar-refractivity contribution < 1.29 is 10.2 Å². The van der Waals surface area contributed by atoms with Crippen LogP contribution in [0.4, 0.5) is 0 Å². The summed E-state index contributed by atoms with van der Waals surface area (Å²) in [4.78, 5) is 2.20. The van der Waals surface area contributed by atoms with Crippen LogP contribution in [0.5, 0.6) is 5.75 Å². The van der Waals surface area contributed by atoms with Crippen LogP contribution in [0.1, 0.15) is 31.1 Å². The normalized spacial score (nSPS) is 13.3. The molecule has 2 rings (SSSR count). The largest absolute Gasteiger partial charge is 0.508 e. The van der Waals surface area contributed by atoms with Gasteiger partial charge < -0.3 is 14.8 Å². The van der Waals surface area contributed by atoms with Gasteiger partial charge in [-0.05, 0) is 37.7 Å². The molecule has 2 aromatic rings. The fourth-order valence-electron chi connectivity index (χ4n) is 2.93. The van der Waals surface area contributed by atoms with Gasteiger partial charge in [0.05, 0.1) is 18.2 Å². The summed E-state index contributed by atoms with van der Waals surface area (Å²) in [7, 11) is 1.99. The smallest absolute Gasteiger partial charge is 0.118 e. The highest BCUT2D eigenvalue weighted by molar-refractivity contribution is 5.86. The van der Waals surface area contributed by atoms with E-state index in [4.69, 9.17) is 0 Å². The fraction of sp³-hybridized carbons (Fsp3) is 0.500. The van der Waals surface area contributed by atoms with Gasteiger partial charge in [0.25, 0.3) is 0 Å². The molecule has 1 heterocycles. The number of phenols is 1. The molecule has 1 unspecified atom stereocenters. The lowest BCUT2D eigenvalue weighted by molar-refractivity contribution is 0.134. The number of aliphatic hydroxyl groups excluding tert-OH is 1. The maximum Gasteiger partial charge on any atom is 0.118 e. The van der Waals surface area contributed by atoms with Crippen molar-refractivity contribution in [2.24, 2.45) is 7.05 Å². The number of phenolic OH excluding ortho intramolecular Hbond substituents is 1. The van der Waals surface area contributed by atoms with E-state index in [9.17, 15) is 10.2 Å². The molecule has 0 aliphatic rings. The van der Waals surface area contributed by atoms with E-state index in [-0.39, 0.29) is 18.4 Å². The zero-order valence-electron chi connectivity index (χ0n) is 12.7. The van der Waals surface area contributed by atoms with Gasteiger partial charge in [0.1, 0.15) is 5.75 Å². The van der Waals surface area contributed by atoms with E-state index in [1.165, 1.54) is 0 Å². The van der Waals surface area contributed by atoms with E-state index in [0.717, 1.165) is 35.2 Å². The topological polar surface area (TPSA) is 48.6 Å². The molecule has 1 atom stereocenters. The van der Waals surface area contributed by atoms with Crippen LogP contribution in [0.15, 0.2) is 18.2 Å². The first-order valence-electron chi connectivity index (χ1n) is 7.17. The van der Waals surface area contributed by atoms with Crippen molar-refractivity contribution in [3.63, 3.8) is 0 Å². The summed E-state index contributed by atoms with van der Waals surface area (Å²) in [6, 6.07) is 5.60. The van der Waals surface area contributed by atoms with Crippen LogP contribution in [0.3, 0.4) is 0 Å². The molecule has 20 heavy (non-hydrogen) atoms. The summed E-state index contributed by atoms with van der Waals surface area (Å²) in [6.45, 7) is 8.00. The van der Waals surface area contributed by atoms with Crippen molar-refractivity contribution in [1.82, 2.24) is 9.47 Å². The van der Waals surface area contributed by atoms with E-state index >= 15 is 0 Å². The third-order valence-corrected chi connectivity index (χ3v) is 4.20. The van der Waals surface area contributed by atoms with Gasteiger partial charge in [-0.15, -0.1) is 0 Å². The van der Waals surface area contributed by atoms with Crippen LogP contribution >= 0.6 is 0 Å². The molecular formula is C16H24N2O2. The predicted octanol–water partition coefficient (Wildman–Crippen LogP) is 2.57. The summed E-state index contributed by atoms with van der Waals surface area (Å²) in [5.74, 6) is 0.249. The molecule has 1 aromatic carbocycles. The quantitative estimate of drug-likeness (QED) is 0.882. The number of aromatic hydroxyl groups is 1. The van der Waals surface area contributed by atoms with Crippen molar-refractivity contribution in [1.29, 1.82) is 0 Å². The number of hydrogen-bond donors (Lipinski definition) is 2. The number of aliphatic hydroxyl groups is 1. The average Bonchev–Trinajstić information content (AvgIpc) is 2.72. The van der Waals surface area contributed by atoms with Crippen molar-refractivity contribution >= 4 is 10.9 Å². The van der Waals surface area contributed by atoms with Crippen LogP contribution in [-0.2, 0) is 7.05 Å². The molecule has 4 heteroatoms. The number of rotatable bonds is 5. The van der Waals surface area contributed by atoms with Gasteiger partial charge in [0.15, 0.2) is 0 Å². The number of hydrogen-bond acceptors (Lipinski definition) is 3. The first-order valence-corrected chi connectivity index (χ1v) is 7.17.